The molecule has 0 spiro atoms. The van der Waals surface area contributed by atoms with E-state index in [4.69, 9.17) is 14.2 Å². The van der Waals surface area contributed by atoms with Gasteiger partial charge in [0.15, 0.2) is 6.10 Å². The molecule has 1 aliphatic rings. The van der Waals surface area contributed by atoms with E-state index in [0.29, 0.717) is 26.2 Å². The van der Waals surface area contributed by atoms with Crippen LogP contribution in [0.15, 0.2) is 91.0 Å². The number of likely N-dealkylation sites (N-methyl/N-ethyl adjacent to an activating group) is 1. The van der Waals surface area contributed by atoms with Crippen molar-refractivity contribution in [1.82, 2.24) is 4.90 Å². The molecule has 0 amide bonds. The van der Waals surface area contributed by atoms with Crippen molar-refractivity contribution in [2.24, 2.45) is 0 Å². The Hall–Kier alpha value is -3.93. The summed E-state index contributed by atoms with van der Waals surface area (Å²) in [5.74, 6) is 0.500. The molecule has 0 fully saturated rings. The molecule has 0 aromatic heterocycles. The van der Waals surface area contributed by atoms with Gasteiger partial charge in [0.05, 0.1) is 12.6 Å². The third-order valence-electron chi connectivity index (χ3n) is 8.72. The van der Waals surface area contributed by atoms with Gasteiger partial charge in [0, 0.05) is 19.6 Å². The second kappa shape index (κ2) is 15.9. The summed E-state index contributed by atoms with van der Waals surface area (Å²) in [5.41, 5.74) is 10.8. The number of benzene rings is 4. The zero-order valence-corrected chi connectivity index (χ0v) is 27.3. The molecule has 236 valence electrons. The average molecular weight is 606 g/mol. The van der Waals surface area contributed by atoms with Gasteiger partial charge in [-0.25, -0.2) is 4.79 Å². The number of aryl methyl sites for hydroxylation is 5. The fraction of sp³-hybridized carbons (Fsp3) is 0.375. The van der Waals surface area contributed by atoms with E-state index in [1.165, 1.54) is 38.9 Å². The van der Waals surface area contributed by atoms with Crippen LogP contribution >= 0.6 is 0 Å². The zero-order valence-electron chi connectivity index (χ0n) is 27.3. The maximum Gasteiger partial charge on any atom is 0.335 e. The normalized spacial score (nSPS) is 14.7. The van der Waals surface area contributed by atoms with Gasteiger partial charge in [-0.15, -0.1) is 0 Å². The second-order valence-electron chi connectivity index (χ2n) is 12.0. The number of carbonyl (C=O) groups excluding carboxylic acids is 1. The topological polar surface area (TPSA) is 48.0 Å². The molecule has 4 aromatic rings. The molecule has 0 aliphatic heterocycles. The van der Waals surface area contributed by atoms with Crippen LogP contribution in [0.1, 0.15) is 64.4 Å². The number of hydrogen-bond donors (Lipinski definition) is 0. The molecule has 0 radical (unpaired) electrons. The van der Waals surface area contributed by atoms with Crippen molar-refractivity contribution in [2.75, 3.05) is 33.4 Å². The van der Waals surface area contributed by atoms with E-state index in [1.807, 2.05) is 38.1 Å². The molecular weight excluding hydrogens is 558 g/mol. The van der Waals surface area contributed by atoms with Crippen molar-refractivity contribution in [3.05, 3.63) is 136 Å². The van der Waals surface area contributed by atoms with Crippen molar-refractivity contribution >= 4 is 5.97 Å². The lowest BCUT2D eigenvalue weighted by Crippen LogP contribution is -2.30. The third kappa shape index (κ3) is 8.62. The lowest BCUT2D eigenvalue weighted by atomic mass is 9.91. The predicted molar refractivity (Wildman–Crippen MR) is 181 cm³/mol. The van der Waals surface area contributed by atoms with E-state index in [9.17, 15) is 4.79 Å². The SMILES string of the molecule is CCOC(=O)C(Cc1ccc(OCCN(C)C2c3ccc(C)cc3CCc3cc(CCc4ccccc4)ccc32)cc1)OCC. The monoisotopic (exact) mass is 605 g/mol. The molecule has 0 heterocycles. The summed E-state index contributed by atoms with van der Waals surface area (Å²) in [6.07, 6.45) is 4.09. The Bertz CT molecular complexity index is 1530. The molecule has 4 aromatic carbocycles. The molecule has 2 unspecified atom stereocenters. The molecule has 0 bridgehead atoms. The summed E-state index contributed by atoms with van der Waals surface area (Å²) < 4.78 is 17.0. The number of nitrogens with zero attached hydrogens (tertiary/aromatic N) is 1. The first-order valence-electron chi connectivity index (χ1n) is 16.4. The largest absolute Gasteiger partial charge is 0.492 e. The van der Waals surface area contributed by atoms with E-state index < -0.39 is 6.10 Å². The highest BCUT2D eigenvalue weighted by molar-refractivity contribution is 5.75. The van der Waals surface area contributed by atoms with E-state index in [0.717, 1.165) is 43.5 Å². The van der Waals surface area contributed by atoms with Gasteiger partial charge in [-0.1, -0.05) is 84.4 Å². The Kier molecular flexibility index (Phi) is 11.5. The van der Waals surface area contributed by atoms with Crippen molar-refractivity contribution in [2.45, 2.75) is 65.0 Å². The van der Waals surface area contributed by atoms with Gasteiger partial charge >= 0.3 is 5.97 Å². The molecule has 45 heavy (non-hydrogen) atoms. The van der Waals surface area contributed by atoms with Gasteiger partial charge in [0.1, 0.15) is 12.4 Å². The van der Waals surface area contributed by atoms with Crippen LogP contribution in [0.25, 0.3) is 0 Å². The van der Waals surface area contributed by atoms with Gasteiger partial charge in [0.25, 0.3) is 0 Å². The number of rotatable bonds is 14. The summed E-state index contributed by atoms with van der Waals surface area (Å²) in [4.78, 5) is 14.7. The molecule has 5 rings (SSSR count). The Labute approximate surface area is 269 Å². The van der Waals surface area contributed by atoms with Crippen LogP contribution in [-0.4, -0.2) is 50.4 Å². The van der Waals surface area contributed by atoms with E-state index in [-0.39, 0.29) is 12.0 Å². The van der Waals surface area contributed by atoms with Gasteiger partial charge in [-0.3, -0.25) is 4.90 Å². The number of ether oxygens (including phenoxy) is 3. The van der Waals surface area contributed by atoms with Gasteiger partial charge in [-0.2, -0.15) is 0 Å². The van der Waals surface area contributed by atoms with Gasteiger partial charge in [0.2, 0.25) is 0 Å². The molecule has 0 saturated carbocycles. The van der Waals surface area contributed by atoms with Crippen LogP contribution in [-0.2, 0) is 46.4 Å². The molecule has 1 aliphatic carbocycles. The highest BCUT2D eigenvalue weighted by atomic mass is 16.6. The van der Waals surface area contributed by atoms with E-state index in [1.54, 1.807) is 0 Å². The van der Waals surface area contributed by atoms with Crippen molar-refractivity contribution in [3.8, 4) is 5.75 Å². The lowest BCUT2D eigenvalue weighted by Gasteiger charge is -2.30. The van der Waals surface area contributed by atoms with Crippen LogP contribution in [0.2, 0.25) is 0 Å². The summed E-state index contributed by atoms with van der Waals surface area (Å²) in [6.45, 7) is 8.04. The molecule has 2 atom stereocenters. The number of esters is 1. The minimum atomic E-state index is -0.593. The third-order valence-corrected chi connectivity index (χ3v) is 8.72. The Morgan fingerprint density at radius 3 is 2.18 bits per heavy atom. The minimum absolute atomic E-state index is 0.172. The number of carbonyl (C=O) groups is 1. The molecule has 0 saturated heterocycles. The number of hydrogen-bond acceptors (Lipinski definition) is 5. The van der Waals surface area contributed by atoms with E-state index in [2.05, 4.69) is 85.6 Å². The number of fused-ring (bicyclic) bond motifs is 2. The van der Waals surface area contributed by atoms with Crippen LogP contribution in [0.5, 0.6) is 5.75 Å². The minimum Gasteiger partial charge on any atom is -0.492 e. The Morgan fingerprint density at radius 1 is 0.800 bits per heavy atom. The smallest absolute Gasteiger partial charge is 0.335 e. The molecule has 5 nitrogen and oxygen atoms in total. The maximum atomic E-state index is 12.3. The van der Waals surface area contributed by atoms with Crippen LogP contribution in [0, 0.1) is 6.92 Å². The van der Waals surface area contributed by atoms with E-state index >= 15 is 0 Å². The fourth-order valence-corrected chi connectivity index (χ4v) is 6.38. The van der Waals surface area contributed by atoms with Crippen LogP contribution < -0.4 is 4.74 Å². The van der Waals surface area contributed by atoms with Crippen molar-refractivity contribution in [1.29, 1.82) is 0 Å². The first-order chi connectivity index (χ1) is 21.9. The zero-order chi connectivity index (χ0) is 31.6. The molecule has 5 heteroatoms. The summed E-state index contributed by atoms with van der Waals surface area (Å²) in [5, 5.41) is 0. The quantitative estimate of drug-likeness (QED) is 0.139. The predicted octanol–water partition coefficient (Wildman–Crippen LogP) is 7.49. The van der Waals surface area contributed by atoms with Crippen LogP contribution in [0.4, 0.5) is 0 Å². The standard InChI is InChI=1S/C40H47NO4/c1-5-43-38(40(42)44-6-2)28-32-15-20-35(21-16-32)45-25-24-41(4)39-36-22-12-29(3)26-33(36)18-19-34-27-31(17-23-37(34)39)14-13-30-10-8-7-9-11-30/h7-12,15-17,20-23,26-27,38-39H,5-6,13-14,18-19,24-25,28H2,1-4H3. The highest BCUT2D eigenvalue weighted by Crippen LogP contribution is 2.37. The average Bonchev–Trinajstić information content (AvgIpc) is 3.21. The van der Waals surface area contributed by atoms with Crippen LogP contribution in [0.3, 0.4) is 0 Å². The fourth-order valence-electron chi connectivity index (χ4n) is 6.38. The first kappa shape index (κ1) is 32.5. The lowest BCUT2D eigenvalue weighted by molar-refractivity contribution is -0.156. The summed E-state index contributed by atoms with van der Waals surface area (Å²) >= 11 is 0. The summed E-state index contributed by atoms with van der Waals surface area (Å²) in [6, 6.07) is 33.0. The Balaban J connectivity index is 1.26. The molecular formula is C40H47NO4. The summed E-state index contributed by atoms with van der Waals surface area (Å²) in [7, 11) is 2.21. The van der Waals surface area contributed by atoms with Crippen molar-refractivity contribution < 1.29 is 19.0 Å². The van der Waals surface area contributed by atoms with Crippen molar-refractivity contribution in [3.63, 3.8) is 0 Å². The Morgan fingerprint density at radius 2 is 1.47 bits per heavy atom. The highest BCUT2D eigenvalue weighted by Gasteiger charge is 2.27. The first-order valence-corrected chi connectivity index (χ1v) is 16.4. The van der Waals surface area contributed by atoms with Gasteiger partial charge < -0.3 is 14.2 Å². The van der Waals surface area contributed by atoms with Gasteiger partial charge in [-0.05, 0) is 105 Å². The maximum absolute atomic E-state index is 12.3. The molecule has 0 N–H and O–H groups in total. The second-order valence-corrected chi connectivity index (χ2v) is 12.0.